The van der Waals surface area contributed by atoms with Crippen LogP contribution >= 0.6 is 0 Å². The molecule has 0 radical (unpaired) electrons. The molecule has 10 heavy (non-hydrogen) atoms. The van der Waals surface area contributed by atoms with Gasteiger partial charge in [0.05, 0.1) is 0 Å². The van der Waals surface area contributed by atoms with E-state index in [2.05, 4.69) is 13.2 Å². The Bertz CT molecular complexity index is 140. The van der Waals surface area contributed by atoms with Crippen LogP contribution in [0.5, 0.6) is 0 Å². The summed E-state index contributed by atoms with van der Waals surface area (Å²) in [7, 11) is 3.84. The molecule has 4 heteroatoms. The molecule has 0 aromatic rings. The quantitative estimate of drug-likeness (QED) is 0.450. The van der Waals surface area contributed by atoms with Gasteiger partial charge in [0.25, 0.3) is 0 Å². The van der Waals surface area contributed by atoms with Gasteiger partial charge in [-0.2, -0.15) is 0 Å². The number of hydrogen-bond acceptors (Lipinski definition) is 1. The summed E-state index contributed by atoms with van der Waals surface area (Å²) in [6.45, 7) is 1.83. The number of urea groups is 1. The van der Waals surface area contributed by atoms with Gasteiger partial charge in [0.15, 0.2) is 0 Å². The normalized spacial score (nSPS) is 24.9. The van der Waals surface area contributed by atoms with E-state index < -0.39 is 0 Å². The molecule has 0 bridgehead atoms. The summed E-state index contributed by atoms with van der Waals surface area (Å²) < 4.78 is 0. The van der Waals surface area contributed by atoms with Crippen molar-refractivity contribution < 1.29 is 4.79 Å². The lowest BCUT2D eigenvalue weighted by Crippen LogP contribution is -2.35. The zero-order valence-electron chi connectivity index (χ0n) is 6.55. The third-order valence-corrected chi connectivity index (χ3v) is 1.92. The van der Waals surface area contributed by atoms with Gasteiger partial charge in [-0.25, -0.2) is 4.79 Å². The maximum Gasteiger partial charge on any atom is 0.317 e. The minimum atomic E-state index is 0.0596. The third-order valence-electron chi connectivity index (χ3n) is 1.92. The van der Waals surface area contributed by atoms with Gasteiger partial charge in [0.1, 0.15) is 7.85 Å². The number of carbonyl (C=O) groups is 1. The number of nitrogens with zero attached hydrogens (tertiary/aromatic N) is 1. The molecule has 1 aliphatic rings. The fourth-order valence-corrected chi connectivity index (χ4v) is 1.28. The van der Waals surface area contributed by atoms with E-state index in [1.165, 1.54) is 0 Å². The summed E-state index contributed by atoms with van der Waals surface area (Å²) in [5.41, 5.74) is 0. The van der Waals surface area contributed by atoms with Gasteiger partial charge >= 0.3 is 6.03 Å². The van der Waals surface area contributed by atoms with Crippen molar-refractivity contribution in [2.24, 2.45) is 0 Å². The van der Waals surface area contributed by atoms with Crippen LogP contribution in [0.4, 0.5) is 4.79 Å². The first-order chi connectivity index (χ1) is 4.74. The molecule has 0 aromatic heterocycles. The number of carbonyl (C=O) groups excluding carboxylic acids is 1. The Morgan fingerprint density at radius 1 is 1.80 bits per heavy atom. The lowest BCUT2D eigenvalue weighted by Gasteiger charge is -2.14. The van der Waals surface area contributed by atoms with E-state index in [9.17, 15) is 4.79 Å². The summed E-state index contributed by atoms with van der Waals surface area (Å²) in [6.07, 6.45) is 1.15. The van der Waals surface area contributed by atoms with Crippen LogP contribution in [0.15, 0.2) is 0 Å². The molecule has 1 heterocycles. The molecule has 0 aromatic carbocycles. The maximum absolute atomic E-state index is 11.0. The monoisotopic (exact) mass is 140 g/mol. The highest BCUT2D eigenvalue weighted by Gasteiger charge is 2.21. The van der Waals surface area contributed by atoms with E-state index in [4.69, 9.17) is 0 Å². The van der Waals surface area contributed by atoms with E-state index in [1.807, 2.05) is 4.90 Å². The fraction of sp³-hybridized carbons (Fsp3) is 0.833. The lowest BCUT2D eigenvalue weighted by atomic mass is 9.87. The van der Waals surface area contributed by atoms with Crippen LogP contribution in [0.25, 0.3) is 0 Å². The van der Waals surface area contributed by atoms with E-state index in [0.29, 0.717) is 5.82 Å². The van der Waals surface area contributed by atoms with Crippen LogP contribution < -0.4 is 5.32 Å². The van der Waals surface area contributed by atoms with Crippen LogP contribution in [0.3, 0.4) is 0 Å². The van der Waals surface area contributed by atoms with E-state index in [0.717, 1.165) is 19.5 Å². The minimum absolute atomic E-state index is 0.0596. The largest absolute Gasteiger partial charge is 0.341 e. The number of amides is 2. The molecular formula is C6H13BN2O. The van der Waals surface area contributed by atoms with Gasteiger partial charge in [-0.1, -0.05) is 5.82 Å². The molecular weight excluding hydrogens is 127 g/mol. The van der Waals surface area contributed by atoms with Crippen molar-refractivity contribution in [1.29, 1.82) is 0 Å². The van der Waals surface area contributed by atoms with Crippen LogP contribution in [0, 0.1) is 0 Å². The molecule has 1 fully saturated rings. The Hall–Kier alpha value is -0.665. The molecule has 1 rings (SSSR count). The predicted molar refractivity (Wildman–Crippen MR) is 42.9 cm³/mol. The van der Waals surface area contributed by atoms with Gasteiger partial charge in [-0.05, 0) is 6.42 Å². The second-order valence-corrected chi connectivity index (χ2v) is 2.90. The van der Waals surface area contributed by atoms with Crippen LogP contribution in [-0.4, -0.2) is 38.9 Å². The molecule has 1 atom stereocenters. The van der Waals surface area contributed by atoms with Crippen LogP contribution in [-0.2, 0) is 0 Å². The Balaban J connectivity index is 2.37. The standard InChI is InChI=1S/C6H13BN2O/c1-8-6(10)9-3-2-5(7)4-9/h5H,2-4,7H2,1H3,(H,8,10). The Morgan fingerprint density at radius 3 is 2.90 bits per heavy atom. The zero-order chi connectivity index (χ0) is 7.56. The minimum Gasteiger partial charge on any atom is -0.341 e. The lowest BCUT2D eigenvalue weighted by molar-refractivity contribution is 0.211. The molecule has 0 spiro atoms. The number of likely N-dealkylation sites (tertiary alicyclic amines) is 1. The van der Waals surface area contributed by atoms with Crippen molar-refractivity contribution in [2.45, 2.75) is 12.2 Å². The first kappa shape index (κ1) is 7.44. The number of nitrogens with one attached hydrogen (secondary N) is 1. The van der Waals surface area contributed by atoms with Crippen molar-refractivity contribution in [1.82, 2.24) is 10.2 Å². The molecule has 1 saturated heterocycles. The molecule has 0 aliphatic carbocycles. The van der Waals surface area contributed by atoms with E-state index in [1.54, 1.807) is 7.05 Å². The molecule has 56 valence electrons. The average Bonchev–Trinajstić information content (AvgIpc) is 2.34. The van der Waals surface area contributed by atoms with E-state index >= 15 is 0 Å². The Morgan fingerprint density at radius 2 is 2.50 bits per heavy atom. The van der Waals surface area contributed by atoms with Gasteiger partial charge < -0.3 is 10.2 Å². The second kappa shape index (κ2) is 2.95. The van der Waals surface area contributed by atoms with Gasteiger partial charge in [0.2, 0.25) is 0 Å². The Kier molecular flexibility index (Phi) is 2.19. The molecule has 0 saturated carbocycles. The van der Waals surface area contributed by atoms with Crippen LogP contribution in [0.2, 0.25) is 5.82 Å². The molecule has 1 aliphatic heterocycles. The summed E-state index contributed by atoms with van der Waals surface area (Å²) in [6, 6.07) is 0.0596. The molecule has 2 amide bonds. The highest BCUT2D eigenvalue weighted by Crippen LogP contribution is 2.17. The number of hydrogen-bond donors (Lipinski definition) is 1. The first-order valence-electron chi connectivity index (χ1n) is 3.70. The van der Waals surface area contributed by atoms with Crippen LogP contribution in [0.1, 0.15) is 6.42 Å². The van der Waals surface area contributed by atoms with E-state index in [-0.39, 0.29) is 6.03 Å². The SMILES string of the molecule is BC1CCN(C(=O)NC)C1. The first-order valence-corrected chi connectivity index (χ1v) is 3.70. The molecule has 3 nitrogen and oxygen atoms in total. The van der Waals surface area contributed by atoms with Crippen molar-refractivity contribution in [2.75, 3.05) is 20.1 Å². The topological polar surface area (TPSA) is 32.3 Å². The number of rotatable bonds is 0. The van der Waals surface area contributed by atoms with Crippen molar-refractivity contribution in [3.8, 4) is 0 Å². The Labute approximate surface area is 62.2 Å². The summed E-state index contributed by atoms with van der Waals surface area (Å²) in [5.74, 6) is 0.678. The fourth-order valence-electron chi connectivity index (χ4n) is 1.28. The second-order valence-electron chi connectivity index (χ2n) is 2.90. The molecule has 1 unspecified atom stereocenters. The van der Waals surface area contributed by atoms with Crippen molar-refractivity contribution in [3.05, 3.63) is 0 Å². The van der Waals surface area contributed by atoms with Crippen molar-refractivity contribution >= 4 is 13.9 Å². The average molecular weight is 140 g/mol. The van der Waals surface area contributed by atoms with Gasteiger partial charge in [-0.3, -0.25) is 0 Å². The predicted octanol–water partition coefficient (Wildman–Crippen LogP) is -0.547. The zero-order valence-corrected chi connectivity index (χ0v) is 6.55. The van der Waals surface area contributed by atoms with Gasteiger partial charge in [0, 0.05) is 20.1 Å². The third kappa shape index (κ3) is 1.43. The summed E-state index contributed by atoms with van der Waals surface area (Å²) in [4.78, 5) is 12.8. The highest BCUT2D eigenvalue weighted by molar-refractivity contribution is 6.12. The highest BCUT2D eigenvalue weighted by atomic mass is 16.2. The maximum atomic E-state index is 11.0. The van der Waals surface area contributed by atoms with Crippen molar-refractivity contribution in [3.63, 3.8) is 0 Å². The summed E-state index contributed by atoms with van der Waals surface area (Å²) in [5, 5.41) is 2.61. The van der Waals surface area contributed by atoms with Gasteiger partial charge in [-0.15, -0.1) is 0 Å². The molecule has 1 N–H and O–H groups in total. The summed E-state index contributed by atoms with van der Waals surface area (Å²) >= 11 is 0. The smallest absolute Gasteiger partial charge is 0.317 e.